The molecule has 0 bridgehead atoms. The predicted octanol–water partition coefficient (Wildman–Crippen LogP) is 2.49. The number of aliphatic carboxylic acids is 1. The van der Waals surface area contributed by atoms with Crippen molar-refractivity contribution >= 4 is 5.97 Å². The van der Waals surface area contributed by atoms with Gasteiger partial charge >= 0.3 is 5.97 Å². The zero-order chi connectivity index (χ0) is 14.4. The fraction of sp³-hybridized carbons (Fsp3) is 0.562. The first-order chi connectivity index (χ1) is 9.72. The van der Waals surface area contributed by atoms with Gasteiger partial charge in [0.2, 0.25) is 0 Å². The highest BCUT2D eigenvalue weighted by Gasteiger charge is 2.25. The SMILES string of the molecule is COCCN(CC(=O)O)C1CCCCc2ccccc21. The maximum absolute atomic E-state index is 11.1. The second kappa shape index (κ2) is 7.41. The Morgan fingerprint density at radius 3 is 2.95 bits per heavy atom. The number of carboxylic acid groups (broad SMARTS) is 1. The second-order valence-electron chi connectivity index (χ2n) is 5.32. The molecular weight excluding hydrogens is 254 g/mol. The second-order valence-corrected chi connectivity index (χ2v) is 5.32. The molecule has 1 aliphatic rings. The summed E-state index contributed by atoms with van der Waals surface area (Å²) in [6, 6.07) is 8.63. The van der Waals surface area contributed by atoms with Gasteiger partial charge in [0, 0.05) is 19.7 Å². The molecule has 1 aliphatic carbocycles. The number of hydrogen-bond donors (Lipinski definition) is 1. The average molecular weight is 277 g/mol. The molecule has 1 atom stereocenters. The Morgan fingerprint density at radius 1 is 1.40 bits per heavy atom. The van der Waals surface area contributed by atoms with Crippen LogP contribution in [0.1, 0.15) is 36.4 Å². The quantitative estimate of drug-likeness (QED) is 0.812. The largest absolute Gasteiger partial charge is 0.480 e. The number of ether oxygens (including phenoxy) is 1. The van der Waals surface area contributed by atoms with E-state index in [-0.39, 0.29) is 12.6 Å². The Hall–Kier alpha value is -1.39. The van der Waals surface area contributed by atoms with E-state index in [1.165, 1.54) is 17.5 Å². The Morgan fingerprint density at radius 2 is 2.20 bits per heavy atom. The fourth-order valence-corrected chi connectivity index (χ4v) is 3.00. The molecule has 0 fully saturated rings. The highest BCUT2D eigenvalue weighted by atomic mass is 16.5. The molecular formula is C16H23NO3. The number of aryl methyl sites for hydroxylation is 1. The summed E-state index contributed by atoms with van der Waals surface area (Å²) in [7, 11) is 1.65. The highest BCUT2D eigenvalue weighted by molar-refractivity contribution is 5.69. The number of fused-ring (bicyclic) bond motifs is 1. The number of hydrogen-bond acceptors (Lipinski definition) is 3. The number of methoxy groups -OCH3 is 1. The maximum Gasteiger partial charge on any atom is 0.317 e. The van der Waals surface area contributed by atoms with Crippen LogP contribution in [0.2, 0.25) is 0 Å². The van der Waals surface area contributed by atoms with Crippen molar-refractivity contribution < 1.29 is 14.6 Å². The summed E-state index contributed by atoms with van der Waals surface area (Å²) in [5, 5.41) is 9.15. The summed E-state index contributed by atoms with van der Waals surface area (Å²) in [6.45, 7) is 1.29. The summed E-state index contributed by atoms with van der Waals surface area (Å²) in [5.74, 6) is -0.775. The lowest BCUT2D eigenvalue weighted by molar-refractivity contribution is -0.139. The van der Waals surface area contributed by atoms with Crippen molar-refractivity contribution in [3.8, 4) is 0 Å². The van der Waals surface area contributed by atoms with Crippen molar-refractivity contribution in [3.63, 3.8) is 0 Å². The molecule has 1 N–H and O–H groups in total. The molecule has 0 spiro atoms. The third kappa shape index (κ3) is 3.81. The van der Waals surface area contributed by atoms with E-state index >= 15 is 0 Å². The van der Waals surface area contributed by atoms with Gasteiger partial charge in [-0.05, 0) is 30.4 Å². The van der Waals surface area contributed by atoms with Crippen LogP contribution < -0.4 is 0 Å². The molecule has 0 saturated carbocycles. The monoisotopic (exact) mass is 277 g/mol. The number of nitrogens with zero attached hydrogens (tertiary/aromatic N) is 1. The molecule has 1 aromatic rings. The van der Waals surface area contributed by atoms with E-state index in [0.29, 0.717) is 13.2 Å². The third-order valence-electron chi connectivity index (χ3n) is 3.95. The van der Waals surface area contributed by atoms with Gasteiger partial charge in [-0.3, -0.25) is 9.69 Å². The van der Waals surface area contributed by atoms with Gasteiger partial charge in [-0.25, -0.2) is 0 Å². The van der Waals surface area contributed by atoms with Crippen LogP contribution in [0.4, 0.5) is 0 Å². The molecule has 0 aromatic heterocycles. The Bertz CT molecular complexity index is 447. The van der Waals surface area contributed by atoms with Gasteiger partial charge in [-0.2, -0.15) is 0 Å². The van der Waals surface area contributed by atoms with E-state index in [1.807, 2.05) is 11.0 Å². The van der Waals surface area contributed by atoms with Crippen LogP contribution >= 0.6 is 0 Å². The maximum atomic E-state index is 11.1. The van der Waals surface area contributed by atoms with Gasteiger partial charge in [-0.15, -0.1) is 0 Å². The van der Waals surface area contributed by atoms with E-state index in [9.17, 15) is 4.79 Å². The van der Waals surface area contributed by atoms with E-state index in [1.54, 1.807) is 7.11 Å². The van der Waals surface area contributed by atoms with Gasteiger partial charge in [-0.1, -0.05) is 30.7 Å². The molecule has 20 heavy (non-hydrogen) atoms. The zero-order valence-electron chi connectivity index (χ0n) is 12.0. The summed E-state index contributed by atoms with van der Waals surface area (Å²) >= 11 is 0. The topological polar surface area (TPSA) is 49.8 Å². The minimum absolute atomic E-state index is 0.0718. The lowest BCUT2D eigenvalue weighted by Gasteiger charge is -2.30. The molecule has 1 unspecified atom stereocenters. The standard InChI is InChI=1S/C16H23NO3/c1-20-11-10-17(12-16(18)19)15-9-5-3-7-13-6-2-4-8-14(13)15/h2,4,6,8,15H,3,5,7,9-12H2,1H3,(H,18,19). The Kier molecular flexibility index (Phi) is 5.56. The molecule has 0 heterocycles. The van der Waals surface area contributed by atoms with Gasteiger partial charge in [0.15, 0.2) is 0 Å². The molecule has 0 amide bonds. The number of benzene rings is 1. The molecule has 1 aromatic carbocycles. The van der Waals surface area contributed by atoms with Gasteiger partial charge in [0.1, 0.15) is 0 Å². The number of carbonyl (C=O) groups is 1. The summed E-state index contributed by atoms with van der Waals surface area (Å²) in [5.41, 5.74) is 2.66. The van der Waals surface area contributed by atoms with Crippen molar-refractivity contribution in [2.45, 2.75) is 31.7 Å². The molecule has 4 heteroatoms. The fourth-order valence-electron chi connectivity index (χ4n) is 3.00. The summed E-state index contributed by atoms with van der Waals surface area (Å²) < 4.78 is 5.13. The van der Waals surface area contributed by atoms with Crippen molar-refractivity contribution in [3.05, 3.63) is 35.4 Å². The lowest BCUT2D eigenvalue weighted by atomic mass is 9.97. The van der Waals surface area contributed by atoms with E-state index in [2.05, 4.69) is 18.2 Å². The van der Waals surface area contributed by atoms with E-state index in [0.717, 1.165) is 19.3 Å². The Balaban J connectivity index is 2.24. The summed E-state index contributed by atoms with van der Waals surface area (Å²) in [6.07, 6.45) is 4.44. The van der Waals surface area contributed by atoms with E-state index < -0.39 is 5.97 Å². The average Bonchev–Trinajstić information content (AvgIpc) is 2.65. The first kappa shape index (κ1) is 15.0. The van der Waals surface area contributed by atoms with Crippen LogP contribution in [0.25, 0.3) is 0 Å². The van der Waals surface area contributed by atoms with Crippen molar-refractivity contribution in [1.29, 1.82) is 0 Å². The minimum Gasteiger partial charge on any atom is -0.480 e. The predicted molar refractivity (Wildman–Crippen MR) is 77.8 cm³/mol. The van der Waals surface area contributed by atoms with Crippen LogP contribution in [-0.4, -0.2) is 42.8 Å². The van der Waals surface area contributed by atoms with E-state index in [4.69, 9.17) is 9.84 Å². The number of carboxylic acids is 1. The van der Waals surface area contributed by atoms with Gasteiger partial charge < -0.3 is 9.84 Å². The van der Waals surface area contributed by atoms with Gasteiger partial charge in [0.25, 0.3) is 0 Å². The third-order valence-corrected chi connectivity index (χ3v) is 3.95. The van der Waals surface area contributed by atoms with Crippen molar-refractivity contribution in [1.82, 2.24) is 4.90 Å². The summed E-state index contributed by atoms with van der Waals surface area (Å²) in [4.78, 5) is 13.2. The van der Waals surface area contributed by atoms with Crippen LogP contribution in [0.3, 0.4) is 0 Å². The molecule has 110 valence electrons. The lowest BCUT2D eigenvalue weighted by Crippen LogP contribution is -2.36. The van der Waals surface area contributed by atoms with Crippen LogP contribution in [-0.2, 0) is 16.0 Å². The Labute approximate surface area is 120 Å². The van der Waals surface area contributed by atoms with Crippen LogP contribution in [0.15, 0.2) is 24.3 Å². The molecule has 0 saturated heterocycles. The molecule has 4 nitrogen and oxygen atoms in total. The first-order valence-electron chi connectivity index (χ1n) is 7.25. The molecule has 0 aliphatic heterocycles. The first-order valence-corrected chi connectivity index (χ1v) is 7.25. The van der Waals surface area contributed by atoms with Crippen LogP contribution in [0, 0.1) is 0 Å². The minimum atomic E-state index is -0.775. The molecule has 0 radical (unpaired) electrons. The van der Waals surface area contributed by atoms with Gasteiger partial charge in [0.05, 0.1) is 13.2 Å². The normalized spacial score (nSPS) is 18.6. The zero-order valence-corrected chi connectivity index (χ0v) is 12.0. The highest BCUT2D eigenvalue weighted by Crippen LogP contribution is 2.32. The van der Waals surface area contributed by atoms with Crippen molar-refractivity contribution in [2.24, 2.45) is 0 Å². The number of rotatable bonds is 6. The van der Waals surface area contributed by atoms with Crippen molar-refractivity contribution in [2.75, 3.05) is 26.8 Å². The smallest absolute Gasteiger partial charge is 0.317 e. The molecule has 2 rings (SSSR count). The van der Waals surface area contributed by atoms with Crippen LogP contribution in [0.5, 0.6) is 0 Å².